The molecular weight excluding hydrogens is 246 g/mol. The number of amides is 1. The highest BCUT2D eigenvalue weighted by Crippen LogP contribution is 2.12. The molecule has 2 nitrogen and oxygen atoms in total. The maximum absolute atomic E-state index is 11.9. The van der Waals surface area contributed by atoms with Crippen LogP contribution in [0.2, 0.25) is 5.02 Å². The number of carbonyl (C=O) groups excluding carboxylic acids is 1. The second kappa shape index (κ2) is 8.15. The van der Waals surface area contributed by atoms with E-state index in [2.05, 4.69) is 19.2 Å². The fourth-order valence-electron chi connectivity index (χ4n) is 1.88. The molecule has 1 atom stereocenters. The molecule has 0 aliphatic rings. The van der Waals surface area contributed by atoms with E-state index in [1.54, 1.807) is 24.3 Å². The summed E-state index contributed by atoms with van der Waals surface area (Å²) in [6.45, 7) is 5.13. The Balaban J connectivity index is 2.42. The van der Waals surface area contributed by atoms with Crippen LogP contribution in [-0.2, 0) is 0 Å². The molecule has 0 bridgehead atoms. The minimum Gasteiger partial charge on any atom is -0.352 e. The fourth-order valence-corrected chi connectivity index (χ4v) is 2.01. The van der Waals surface area contributed by atoms with E-state index < -0.39 is 0 Å². The smallest absolute Gasteiger partial charge is 0.251 e. The van der Waals surface area contributed by atoms with Crippen molar-refractivity contribution in [1.82, 2.24) is 5.32 Å². The van der Waals surface area contributed by atoms with Gasteiger partial charge in [0.05, 0.1) is 0 Å². The zero-order chi connectivity index (χ0) is 13.4. The number of rotatable bonds is 7. The first-order valence-corrected chi connectivity index (χ1v) is 7.08. The van der Waals surface area contributed by atoms with Crippen LogP contribution in [0.25, 0.3) is 0 Å². The van der Waals surface area contributed by atoms with Crippen molar-refractivity contribution in [3.05, 3.63) is 34.9 Å². The molecule has 0 saturated carbocycles. The summed E-state index contributed by atoms with van der Waals surface area (Å²) in [6.07, 6.45) is 4.74. The summed E-state index contributed by atoms with van der Waals surface area (Å²) < 4.78 is 0. The average molecular weight is 268 g/mol. The number of halogens is 1. The number of nitrogens with one attached hydrogen (secondary N) is 1. The van der Waals surface area contributed by atoms with Gasteiger partial charge in [0, 0.05) is 17.1 Å². The minimum atomic E-state index is -0.0124. The van der Waals surface area contributed by atoms with Crippen LogP contribution in [0.15, 0.2) is 24.3 Å². The lowest BCUT2D eigenvalue weighted by Gasteiger charge is -2.15. The van der Waals surface area contributed by atoms with Crippen molar-refractivity contribution < 1.29 is 4.79 Å². The molecule has 1 rings (SSSR count). The van der Waals surface area contributed by atoms with E-state index in [-0.39, 0.29) is 5.91 Å². The van der Waals surface area contributed by atoms with Gasteiger partial charge in [0.2, 0.25) is 0 Å². The van der Waals surface area contributed by atoms with Crippen LogP contribution in [0.4, 0.5) is 0 Å². The first-order chi connectivity index (χ1) is 8.67. The summed E-state index contributed by atoms with van der Waals surface area (Å²) in [4.78, 5) is 11.9. The Labute approximate surface area is 115 Å². The molecule has 0 saturated heterocycles. The third kappa shape index (κ3) is 5.09. The quantitative estimate of drug-likeness (QED) is 0.785. The topological polar surface area (TPSA) is 29.1 Å². The predicted octanol–water partition coefficient (Wildman–Crippen LogP) is 4.29. The number of benzene rings is 1. The molecule has 0 aliphatic carbocycles. The fraction of sp³-hybridized carbons (Fsp3) is 0.533. The third-order valence-electron chi connectivity index (χ3n) is 3.20. The molecule has 1 amide bonds. The van der Waals surface area contributed by atoms with E-state index in [4.69, 9.17) is 11.6 Å². The Morgan fingerprint density at radius 1 is 1.28 bits per heavy atom. The Hall–Kier alpha value is -1.02. The zero-order valence-electron chi connectivity index (χ0n) is 11.2. The van der Waals surface area contributed by atoms with Gasteiger partial charge >= 0.3 is 0 Å². The summed E-state index contributed by atoms with van der Waals surface area (Å²) in [5, 5.41) is 3.65. The molecule has 1 N–H and O–H groups in total. The largest absolute Gasteiger partial charge is 0.352 e. The van der Waals surface area contributed by atoms with E-state index in [1.807, 2.05) is 0 Å². The van der Waals surface area contributed by atoms with E-state index in [0.29, 0.717) is 16.5 Å². The molecule has 3 heteroatoms. The lowest BCUT2D eigenvalue weighted by molar-refractivity contribution is 0.0946. The summed E-state index contributed by atoms with van der Waals surface area (Å²) in [5.74, 6) is 0.572. The summed E-state index contributed by atoms with van der Waals surface area (Å²) in [5.41, 5.74) is 0.671. The minimum absolute atomic E-state index is 0.0124. The van der Waals surface area contributed by atoms with Gasteiger partial charge in [-0.25, -0.2) is 0 Å². The van der Waals surface area contributed by atoms with Gasteiger partial charge in [-0.05, 0) is 36.6 Å². The van der Waals surface area contributed by atoms with Gasteiger partial charge in [-0.1, -0.05) is 44.7 Å². The van der Waals surface area contributed by atoms with Crippen LogP contribution in [0.5, 0.6) is 0 Å². The van der Waals surface area contributed by atoms with Crippen molar-refractivity contribution in [2.45, 2.75) is 39.5 Å². The first kappa shape index (κ1) is 15.0. The lowest BCUT2D eigenvalue weighted by atomic mass is 9.99. The monoisotopic (exact) mass is 267 g/mol. The standard InChI is InChI=1S/C15H22ClNO/c1-3-5-6-12(4-2)11-17-15(18)13-7-9-14(16)10-8-13/h7-10,12H,3-6,11H2,1-2H3,(H,17,18)/t12-/m0/s1. The molecule has 0 aliphatic heterocycles. The molecule has 100 valence electrons. The Morgan fingerprint density at radius 2 is 1.94 bits per heavy atom. The molecule has 0 unspecified atom stereocenters. The van der Waals surface area contributed by atoms with Crippen LogP contribution in [0, 0.1) is 5.92 Å². The van der Waals surface area contributed by atoms with Crippen LogP contribution in [0.1, 0.15) is 49.9 Å². The van der Waals surface area contributed by atoms with Crippen molar-refractivity contribution in [2.24, 2.45) is 5.92 Å². The zero-order valence-corrected chi connectivity index (χ0v) is 12.0. The maximum Gasteiger partial charge on any atom is 0.251 e. The van der Waals surface area contributed by atoms with Crippen LogP contribution in [0.3, 0.4) is 0 Å². The third-order valence-corrected chi connectivity index (χ3v) is 3.45. The number of carbonyl (C=O) groups is 1. The Morgan fingerprint density at radius 3 is 2.50 bits per heavy atom. The van der Waals surface area contributed by atoms with E-state index in [1.165, 1.54) is 19.3 Å². The first-order valence-electron chi connectivity index (χ1n) is 6.71. The predicted molar refractivity (Wildman–Crippen MR) is 77.1 cm³/mol. The highest BCUT2D eigenvalue weighted by molar-refractivity contribution is 6.30. The van der Waals surface area contributed by atoms with Gasteiger partial charge in [-0.2, -0.15) is 0 Å². The van der Waals surface area contributed by atoms with E-state index in [0.717, 1.165) is 13.0 Å². The summed E-state index contributed by atoms with van der Waals surface area (Å²) in [7, 11) is 0. The van der Waals surface area contributed by atoms with E-state index >= 15 is 0 Å². The summed E-state index contributed by atoms with van der Waals surface area (Å²) >= 11 is 5.79. The maximum atomic E-state index is 11.9. The number of hydrogen-bond donors (Lipinski definition) is 1. The van der Waals surface area contributed by atoms with Crippen molar-refractivity contribution in [1.29, 1.82) is 0 Å². The van der Waals surface area contributed by atoms with Gasteiger partial charge in [0.1, 0.15) is 0 Å². The molecule has 0 fully saturated rings. The molecule has 18 heavy (non-hydrogen) atoms. The highest BCUT2D eigenvalue weighted by Gasteiger charge is 2.09. The number of unbranched alkanes of at least 4 members (excludes halogenated alkanes) is 1. The second-order valence-electron chi connectivity index (χ2n) is 4.63. The van der Waals surface area contributed by atoms with Crippen LogP contribution < -0.4 is 5.32 Å². The molecule has 1 aromatic carbocycles. The Bertz CT molecular complexity index is 361. The molecule has 0 aromatic heterocycles. The lowest BCUT2D eigenvalue weighted by Crippen LogP contribution is -2.29. The average Bonchev–Trinajstić information content (AvgIpc) is 2.39. The van der Waals surface area contributed by atoms with Gasteiger partial charge in [-0.3, -0.25) is 4.79 Å². The second-order valence-corrected chi connectivity index (χ2v) is 5.07. The van der Waals surface area contributed by atoms with Gasteiger partial charge in [0.25, 0.3) is 5.91 Å². The Kier molecular flexibility index (Phi) is 6.81. The van der Waals surface area contributed by atoms with Crippen molar-refractivity contribution >= 4 is 17.5 Å². The molecule has 0 heterocycles. The van der Waals surface area contributed by atoms with Gasteiger partial charge < -0.3 is 5.32 Å². The molecule has 0 radical (unpaired) electrons. The van der Waals surface area contributed by atoms with Crippen LogP contribution >= 0.6 is 11.6 Å². The van der Waals surface area contributed by atoms with E-state index in [9.17, 15) is 4.79 Å². The SMILES string of the molecule is CCCC[C@H](CC)CNC(=O)c1ccc(Cl)cc1. The molecule has 1 aromatic rings. The highest BCUT2D eigenvalue weighted by atomic mass is 35.5. The van der Waals surface area contributed by atoms with Crippen molar-refractivity contribution in [3.63, 3.8) is 0 Å². The normalized spacial score (nSPS) is 12.2. The summed E-state index contributed by atoms with van der Waals surface area (Å²) in [6, 6.07) is 6.99. The van der Waals surface area contributed by atoms with Crippen LogP contribution in [-0.4, -0.2) is 12.5 Å². The van der Waals surface area contributed by atoms with Gasteiger partial charge in [-0.15, -0.1) is 0 Å². The molecule has 0 spiro atoms. The number of hydrogen-bond acceptors (Lipinski definition) is 1. The van der Waals surface area contributed by atoms with Crippen molar-refractivity contribution in [2.75, 3.05) is 6.54 Å². The van der Waals surface area contributed by atoms with Crippen molar-refractivity contribution in [3.8, 4) is 0 Å². The molecular formula is C15H22ClNO. The van der Waals surface area contributed by atoms with Gasteiger partial charge in [0.15, 0.2) is 0 Å².